The lowest BCUT2D eigenvalue weighted by Crippen LogP contribution is -2.50. The van der Waals surface area contributed by atoms with Crippen LogP contribution in [0.15, 0.2) is 18.3 Å². The summed E-state index contributed by atoms with van der Waals surface area (Å²) in [5.41, 5.74) is 2.05. The normalized spacial score (nSPS) is 24.0. The highest BCUT2D eigenvalue weighted by Crippen LogP contribution is 2.52. The molecule has 24 heavy (non-hydrogen) atoms. The number of piperidine rings is 1. The molecular formula is C17H25N3O3S. The average Bonchev–Trinajstić information content (AvgIpc) is 2.80. The number of hydrogen-bond acceptors (Lipinski definition) is 4. The highest BCUT2D eigenvalue weighted by molar-refractivity contribution is 7.90. The molecule has 1 amide bonds. The lowest BCUT2D eigenvalue weighted by Gasteiger charge is -2.42. The van der Waals surface area contributed by atoms with Crippen LogP contribution in [0.1, 0.15) is 50.9 Å². The third-order valence-electron chi connectivity index (χ3n) is 5.18. The van der Waals surface area contributed by atoms with E-state index < -0.39 is 17.5 Å². The van der Waals surface area contributed by atoms with Crippen molar-refractivity contribution in [3.63, 3.8) is 0 Å². The van der Waals surface area contributed by atoms with Gasteiger partial charge in [-0.25, -0.2) is 4.79 Å². The van der Waals surface area contributed by atoms with Crippen molar-refractivity contribution in [2.45, 2.75) is 50.8 Å². The highest BCUT2D eigenvalue weighted by atomic mass is 32.2. The van der Waals surface area contributed by atoms with E-state index in [1.54, 1.807) is 6.20 Å². The summed E-state index contributed by atoms with van der Waals surface area (Å²) in [4.78, 5) is 17.2. The van der Waals surface area contributed by atoms with Crippen LogP contribution in [0.5, 0.6) is 0 Å². The molecule has 1 aliphatic carbocycles. The van der Waals surface area contributed by atoms with Crippen molar-refractivity contribution < 1.29 is 14.5 Å². The number of carboxylic acid groups (broad SMARTS) is 1. The van der Waals surface area contributed by atoms with Gasteiger partial charge in [0.1, 0.15) is 4.75 Å². The lowest BCUT2D eigenvalue weighted by molar-refractivity contribution is 0.0762. The number of pyridine rings is 1. The topological polar surface area (TPSA) is 88.5 Å². The first-order chi connectivity index (χ1) is 11.2. The number of hydrogen-bond donors (Lipinski definition) is 2. The predicted octanol–water partition coefficient (Wildman–Crippen LogP) is 2.49. The molecule has 0 aromatic carbocycles. The second kappa shape index (κ2) is 6.20. The second-order valence-corrected chi connectivity index (χ2v) is 9.78. The summed E-state index contributed by atoms with van der Waals surface area (Å²) in [6.07, 6.45) is 3.27. The maximum atomic E-state index is 12.7. The van der Waals surface area contributed by atoms with Crippen LogP contribution in [-0.2, 0) is 17.8 Å². The van der Waals surface area contributed by atoms with Gasteiger partial charge in [0.15, 0.2) is 0 Å². The summed E-state index contributed by atoms with van der Waals surface area (Å²) in [6.45, 7) is 6.89. The first-order valence-electron chi connectivity index (χ1n) is 8.33. The molecule has 1 spiro atoms. The predicted molar refractivity (Wildman–Crippen MR) is 93.0 cm³/mol. The van der Waals surface area contributed by atoms with Crippen LogP contribution in [0.25, 0.3) is 0 Å². The fourth-order valence-corrected chi connectivity index (χ4v) is 4.65. The zero-order valence-corrected chi connectivity index (χ0v) is 15.2. The van der Waals surface area contributed by atoms with E-state index in [1.165, 1.54) is 4.90 Å². The fourth-order valence-electron chi connectivity index (χ4n) is 3.71. The van der Waals surface area contributed by atoms with E-state index in [0.29, 0.717) is 13.1 Å². The molecule has 7 heteroatoms. The van der Waals surface area contributed by atoms with Crippen molar-refractivity contribution in [1.29, 1.82) is 0 Å². The minimum atomic E-state index is -1.19. The molecule has 2 heterocycles. The van der Waals surface area contributed by atoms with E-state index in [1.807, 2.05) is 26.8 Å². The Morgan fingerprint density at radius 3 is 2.71 bits per heavy atom. The quantitative estimate of drug-likeness (QED) is 0.799. The summed E-state index contributed by atoms with van der Waals surface area (Å²) in [5, 5.41) is 9.21. The van der Waals surface area contributed by atoms with Crippen molar-refractivity contribution in [3.05, 3.63) is 29.6 Å². The third kappa shape index (κ3) is 3.12. The van der Waals surface area contributed by atoms with E-state index in [4.69, 9.17) is 0 Å². The SMILES string of the molecule is CC(C)(C)[S@@+]([O-])N[C@@H]1c2cccnc2CC12CCN(C(=O)O)CC2. The Morgan fingerprint density at radius 2 is 2.12 bits per heavy atom. The number of nitrogens with zero attached hydrogens (tertiary/aromatic N) is 2. The number of aromatic nitrogens is 1. The Morgan fingerprint density at radius 1 is 1.46 bits per heavy atom. The maximum absolute atomic E-state index is 12.7. The first kappa shape index (κ1) is 17.5. The van der Waals surface area contributed by atoms with Crippen LogP contribution in [0.2, 0.25) is 0 Å². The van der Waals surface area contributed by atoms with Crippen LogP contribution < -0.4 is 4.72 Å². The Labute approximate surface area is 146 Å². The van der Waals surface area contributed by atoms with Gasteiger partial charge in [-0.2, -0.15) is 0 Å². The highest BCUT2D eigenvalue weighted by Gasteiger charge is 2.51. The molecule has 0 saturated carbocycles. The molecule has 6 nitrogen and oxygen atoms in total. The number of nitrogens with one attached hydrogen (secondary N) is 1. The zero-order valence-electron chi connectivity index (χ0n) is 14.4. The van der Waals surface area contributed by atoms with Gasteiger partial charge in [0.2, 0.25) is 0 Å². The third-order valence-corrected chi connectivity index (χ3v) is 6.74. The molecule has 0 bridgehead atoms. The standard InChI is InChI=1S/C17H25N3O3S/c1-16(2,3)24(23)19-14-12-5-4-8-18-13(12)11-17(14)6-9-20(10-7-17)15(21)22/h4-5,8,14,19H,6-7,9-11H2,1-3H3,(H,21,22)/t14-,24-/m1/s1. The second-order valence-electron chi connectivity index (χ2n) is 7.78. The van der Waals surface area contributed by atoms with Crippen molar-refractivity contribution in [2.75, 3.05) is 13.1 Å². The van der Waals surface area contributed by atoms with E-state index in [2.05, 4.69) is 15.8 Å². The molecule has 2 N–H and O–H groups in total. The van der Waals surface area contributed by atoms with Crippen LogP contribution in [-0.4, -0.2) is 43.5 Å². The van der Waals surface area contributed by atoms with Crippen LogP contribution in [0.4, 0.5) is 4.79 Å². The van der Waals surface area contributed by atoms with Crippen LogP contribution in [0, 0.1) is 5.41 Å². The minimum Gasteiger partial charge on any atom is -0.598 e. The van der Waals surface area contributed by atoms with E-state index >= 15 is 0 Å². The van der Waals surface area contributed by atoms with Crippen molar-refractivity contribution in [3.8, 4) is 0 Å². The van der Waals surface area contributed by atoms with Gasteiger partial charge < -0.3 is 14.6 Å². The number of carbonyl (C=O) groups is 1. The van der Waals surface area contributed by atoms with Crippen LogP contribution >= 0.6 is 0 Å². The summed E-state index contributed by atoms with van der Waals surface area (Å²) in [6, 6.07) is 3.93. The van der Waals surface area contributed by atoms with Crippen molar-refractivity contribution in [1.82, 2.24) is 14.6 Å². The van der Waals surface area contributed by atoms with Gasteiger partial charge in [-0.1, -0.05) is 6.07 Å². The molecule has 0 radical (unpaired) electrons. The van der Waals surface area contributed by atoms with Crippen LogP contribution in [0.3, 0.4) is 0 Å². The van der Waals surface area contributed by atoms with E-state index in [9.17, 15) is 14.5 Å². The molecular weight excluding hydrogens is 326 g/mol. The Hall–Kier alpha value is -1.31. The average molecular weight is 351 g/mol. The van der Waals surface area contributed by atoms with Crippen molar-refractivity contribution >= 4 is 17.5 Å². The molecule has 2 aliphatic rings. The largest absolute Gasteiger partial charge is 0.598 e. The maximum Gasteiger partial charge on any atom is 0.407 e. The zero-order chi connectivity index (χ0) is 17.5. The first-order valence-corrected chi connectivity index (χ1v) is 9.48. The molecule has 132 valence electrons. The molecule has 0 unspecified atom stereocenters. The van der Waals surface area contributed by atoms with Gasteiger partial charge >= 0.3 is 6.09 Å². The smallest absolute Gasteiger partial charge is 0.407 e. The monoisotopic (exact) mass is 351 g/mol. The summed E-state index contributed by atoms with van der Waals surface area (Å²) < 4.78 is 15.7. The molecule has 1 fully saturated rings. The van der Waals surface area contributed by atoms with Gasteiger partial charge in [-0.3, -0.25) is 4.98 Å². The number of likely N-dealkylation sites (tertiary alicyclic amines) is 1. The molecule has 1 saturated heterocycles. The molecule has 1 aromatic heterocycles. The molecule has 1 aliphatic heterocycles. The fraction of sp³-hybridized carbons (Fsp3) is 0.647. The lowest BCUT2D eigenvalue weighted by atomic mass is 9.73. The Balaban J connectivity index is 1.87. The van der Waals surface area contributed by atoms with E-state index in [-0.39, 0.29) is 16.2 Å². The van der Waals surface area contributed by atoms with Gasteiger partial charge in [0.05, 0.1) is 6.04 Å². The van der Waals surface area contributed by atoms with Crippen molar-refractivity contribution in [2.24, 2.45) is 5.41 Å². The number of rotatable bonds is 2. The number of amides is 1. The summed E-state index contributed by atoms with van der Waals surface area (Å²) >= 11 is -1.19. The summed E-state index contributed by atoms with van der Waals surface area (Å²) in [7, 11) is 0. The molecule has 3 rings (SSSR count). The van der Waals surface area contributed by atoms with Gasteiger partial charge in [-0.05, 0) is 51.7 Å². The molecule has 1 aromatic rings. The molecule has 2 atom stereocenters. The van der Waals surface area contributed by atoms with Gasteiger partial charge in [0.25, 0.3) is 0 Å². The Kier molecular flexibility index (Phi) is 4.53. The summed E-state index contributed by atoms with van der Waals surface area (Å²) in [5.74, 6) is 0. The Bertz CT molecular complexity index is 624. The minimum absolute atomic E-state index is 0.0443. The van der Waals surface area contributed by atoms with Gasteiger partial charge in [0, 0.05) is 41.8 Å². The number of fused-ring (bicyclic) bond motifs is 1. The van der Waals surface area contributed by atoms with E-state index in [0.717, 1.165) is 30.5 Å². The van der Waals surface area contributed by atoms with Gasteiger partial charge in [-0.15, -0.1) is 4.72 Å².